The lowest BCUT2D eigenvalue weighted by Gasteiger charge is -2.20. The maximum absolute atomic E-state index is 11.4. The molecule has 1 aromatic heterocycles. The Morgan fingerprint density at radius 3 is 2.94 bits per heavy atom. The lowest BCUT2D eigenvalue weighted by Crippen LogP contribution is -2.37. The van der Waals surface area contributed by atoms with E-state index < -0.39 is 5.60 Å². The highest BCUT2D eigenvalue weighted by Crippen LogP contribution is 2.37. The number of aromatic amines is 1. The molecular formula is C11H17N3O3. The first-order chi connectivity index (χ1) is 8.00. The zero-order valence-corrected chi connectivity index (χ0v) is 9.73. The van der Waals surface area contributed by atoms with E-state index in [4.69, 9.17) is 5.11 Å². The second kappa shape index (κ2) is 4.46. The predicted molar refractivity (Wildman–Crippen MR) is 63.0 cm³/mol. The van der Waals surface area contributed by atoms with Gasteiger partial charge in [-0.3, -0.25) is 4.79 Å². The molecule has 6 nitrogen and oxygen atoms in total. The van der Waals surface area contributed by atoms with Crippen molar-refractivity contribution < 1.29 is 10.2 Å². The van der Waals surface area contributed by atoms with Crippen molar-refractivity contribution in [1.82, 2.24) is 9.97 Å². The van der Waals surface area contributed by atoms with Crippen LogP contribution in [-0.2, 0) is 0 Å². The molecule has 0 amide bonds. The maximum atomic E-state index is 11.4. The Morgan fingerprint density at radius 2 is 2.35 bits per heavy atom. The smallest absolute Gasteiger partial charge is 0.252 e. The first-order valence-corrected chi connectivity index (χ1v) is 5.68. The summed E-state index contributed by atoms with van der Waals surface area (Å²) in [5, 5.41) is 21.4. The van der Waals surface area contributed by atoms with Gasteiger partial charge in [0.05, 0.1) is 6.61 Å². The molecule has 1 fully saturated rings. The molecular weight excluding hydrogens is 222 g/mol. The summed E-state index contributed by atoms with van der Waals surface area (Å²) >= 11 is 0. The van der Waals surface area contributed by atoms with E-state index in [9.17, 15) is 9.90 Å². The molecule has 17 heavy (non-hydrogen) atoms. The number of anilines is 1. The van der Waals surface area contributed by atoms with Crippen LogP contribution in [0.25, 0.3) is 0 Å². The van der Waals surface area contributed by atoms with E-state index in [1.165, 1.54) is 13.0 Å². The number of aliphatic hydroxyl groups excluding tert-OH is 1. The summed E-state index contributed by atoms with van der Waals surface area (Å²) in [4.78, 5) is 18.4. The first kappa shape index (κ1) is 12.1. The molecule has 1 atom stereocenters. The average molecular weight is 239 g/mol. The molecule has 6 heteroatoms. The minimum Gasteiger partial charge on any atom is -0.393 e. The quantitative estimate of drug-likeness (QED) is 0.570. The zero-order chi connectivity index (χ0) is 12.5. The van der Waals surface area contributed by atoms with Gasteiger partial charge in [0.15, 0.2) is 0 Å². The average Bonchev–Trinajstić information content (AvgIpc) is 3.10. The predicted octanol–water partition coefficient (Wildman–Crippen LogP) is -0.198. The van der Waals surface area contributed by atoms with Gasteiger partial charge in [-0.15, -0.1) is 0 Å². The van der Waals surface area contributed by atoms with Crippen LogP contribution in [0.1, 0.15) is 31.5 Å². The molecule has 2 rings (SSSR count). The van der Waals surface area contributed by atoms with Crippen molar-refractivity contribution in [1.29, 1.82) is 0 Å². The van der Waals surface area contributed by atoms with Crippen LogP contribution < -0.4 is 10.9 Å². The first-order valence-electron chi connectivity index (χ1n) is 5.68. The van der Waals surface area contributed by atoms with Crippen LogP contribution in [-0.4, -0.2) is 38.9 Å². The highest BCUT2D eigenvalue weighted by atomic mass is 16.3. The van der Waals surface area contributed by atoms with Crippen molar-refractivity contribution in [3.63, 3.8) is 0 Å². The van der Waals surface area contributed by atoms with Crippen molar-refractivity contribution in [2.75, 3.05) is 18.5 Å². The van der Waals surface area contributed by atoms with Gasteiger partial charge in [-0.1, -0.05) is 0 Å². The molecule has 4 N–H and O–H groups in total. The summed E-state index contributed by atoms with van der Waals surface area (Å²) < 4.78 is 0. The molecule has 1 aromatic rings. The van der Waals surface area contributed by atoms with Crippen LogP contribution in [0.2, 0.25) is 0 Å². The van der Waals surface area contributed by atoms with E-state index in [0.717, 1.165) is 12.8 Å². The van der Waals surface area contributed by atoms with Gasteiger partial charge in [0.1, 0.15) is 17.2 Å². The second-order valence-corrected chi connectivity index (χ2v) is 4.80. The molecule has 0 aliphatic heterocycles. The summed E-state index contributed by atoms with van der Waals surface area (Å²) in [5.74, 6) is 1.50. The van der Waals surface area contributed by atoms with Gasteiger partial charge < -0.3 is 20.5 Å². The van der Waals surface area contributed by atoms with Gasteiger partial charge in [-0.25, -0.2) is 4.98 Å². The lowest BCUT2D eigenvalue weighted by atomic mass is 10.1. The van der Waals surface area contributed by atoms with E-state index in [1.54, 1.807) is 0 Å². The number of aliphatic hydroxyl groups is 2. The summed E-state index contributed by atoms with van der Waals surface area (Å²) in [6, 6.07) is 1.35. The van der Waals surface area contributed by atoms with E-state index in [0.29, 0.717) is 17.6 Å². The van der Waals surface area contributed by atoms with Gasteiger partial charge >= 0.3 is 0 Å². The number of nitrogens with one attached hydrogen (secondary N) is 2. The standard InChI is InChI=1S/C11H17N3O3/c1-11(17,6-15)5-12-8-4-9(16)14-10(13-8)7-2-3-7/h4,7,15,17H,2-3,5-6H2,1H3,(H2,12,13,14,16). The Bertz CT molecular complexity index is 452. The van der Waals surface area contributed by atoms with Crippen molar-refractivity contribution in [3.05, 3.63) is 22.2 Å². The Labute approximate surface area is 98.7 Å². The number of nitrogens with zero attached hydrogens (tertiary/aromatic N) is 1. The minimum absolute atomic E-state index is 0.143. The third-order valence-electron chi connectivity index (χ3n) is 2.72. The Hall–Kier alpha value is -1.40. The van der Waals surface area contributed by atoms with Gasteiger partial charge in [0, 0.05) is 18.5 Å². The lowest BCUT2D eigenvalue weighted by molar-refractivity contribution is 0.0131. The van der Waals surface area contributed by atoms with E-state index in [-0.39, 0.29) is 18.7 Å². The van der Waals surface area contributed by atoms with E-state index in [2.05, 4.69) is 15.3 Å². The number of hydrogen-bond acceptors (Lipinski definition) is 5. The Balaban J connectivity index is 2.07. The van der Waals surface area contributed by atoms with Crippen molar-refractivity contribution in [2.24, 2.45) is 0 Å². The SMILES string of the molecule is CC(O)(CO)CNc1cc(=O)[nH]c(C2CC2)n1. The minimum atomic E-state index is -1.22. The number of hydrogen-bond donors (Lipinski definition) is 4. The number of H-pyrrole nitrogens is 1. The third kappa shape index (κ3) is 3.28. The number of aromatic nitrogens is 2. The molecule has 0 spiro atoms. The molecule has 1 heterocycles. The highest BCUT2D eigenvalue weighted by molar-refractivity contribution is 5.34. The van der Waals surface area contributed by atoms with Gasteiger partial charge in [-0.05, 0) is 19.8 Å². The molecule has 1 saturated carbocycles. The van der Waals surface area contributed by atoms with Crippen LogP contribution in [0.4, 0.5) is 5.82 Å². The van der Waals surface area contributed by atoms with Crippen LogP contribution in [0.15, 0.2) is 10.9 Å². The fraction of sp³-hybridized carbons (Fsp3) is 0.636. The Morgan fingerprint density at radius 1 is 1.65 bits per heavy atom. The summed E-state index contributed by atoms with van der Waals surface area (Å²) in [7, 11) is 0. The summed E-state index contributed by atoms with van der Waals surface area (Å²) in [6.45, 7) is 1.30. The van der Waals surface area contributed by atoms with Crippen LogP contribution in [0.5, 0.6) is 0 Å². The largest absolute Gasteiger partial charge is 0.393 e. The third-order valence-corrected chi connectivity index (χ3v) is 2.72. The molecule has 1 unspecified atom stereocenters. The topological polar surface area (TPSA) is 98.2 Å². The van der Waals surface area contributed by atoms with Gasteiger partial charge in [-0.2, -0.15) is 0 Å². The fourth-order valence-electron chi connectivity index (χ4n) is 1.45. The summed E-state index contributed by atoms with van der Waals surface area (Å²) in [6.07, 6.45) is 2.11. The Kier molecular flexibility index (Phi) is 3.17. The molecule has 1 aliphatic carbocycles. The molecule has 0 aromatic carbocycles. The van der Waals surface area contributed by atoms with E-state index >= 15 is 0 Å². The van der Waals surface area contributed by atoms with Crippen molar-refractivity contribution in [3.8, 4) is 0 Å². The molecule has 94 valence electrons. The monoisotopic (exact) mass is 239 g/mol. The van der Waals surface area contributed by atoms with Crippen LogP contribution >= 0.6 is 0 Å². The summed E-state index contributed by atoms with van der Waals surface area (Å²) in [5.41, 5.74) is -1.42. The van der Waals surface area contributed by atoms with Crippen molar-refractivity contribution in [2.45, 2.75) is 31.3 Å². The molecule has 0 bridgehead atoms. The van der Waals surface area contributed by atoms with Gasteiger partial charge in [0.25, 0.3) is 5.56 Å². The van der Waals surface area contributed by atoms with Crippen molar-refractivity contribution >= 4 is 5.82 Å². The van der Waals surface area contributed by atoms with Gasteiger partial charge in [0.2, 0.25) is 0 Å². The second-order valence-electron chi connectivity index (χ2n) is 4.80. The zero-order valence-electron chi connectivity index (χ0n) is 9.73. The van der Waals surface area contributed by atoms with Crippen LogP contribution in [0, 0.1) is 0 Å². The van der Waals surface area contributed by atoms with E-state index in [1.807, 2.05) is 0 Å². The normalized spacial score (nSPS) is 18.8. The fourth-order valence-corrected chi connectivity index (χ4v) is 1.45. The highest BCUT2D eigenvalue weighted by Gasteiger charge is 2.26. The molecule has 1 aliphatic rings. The van der Waals surface area contributed by atoms with Crippen LogP contribution in [0.3, 0.4) is 0 Å². The number of rotatable bonds is 5. The molecule has 0 saturated heterocycles. The maximum Gasteiger partial charge on any atom is 0.252 e. The molecule has 0 radical (unpaired) electrons.